The van der Waals surface area contributed by atoms with E-state index in [-0.39, 0.29) is 0 Å². The van der Waals surface area contributed by atoms with E-state index in [0.717, 1.165) is 15.7 Å². The average Bonchev–Trinajstić information content (AvgIpc) is 2.59. The van der Waals surface area contributed by atoms with Gasteiger partial charge in [0.15, 0.2) is 5.82 Å². The van der Waals surface area contributed by atoms with Crippen molar-refractivity contribution in [3.63, 3.8) is 0 Å². The lowest BCUT2D eigenvalue weighted by Crippen LogP contribution is -1.81. The minimum Gasteiger partial charge on any atom is -0.258 e. The molecule has 0 spiro atoms. The molecule has 0 atom stereocenters. The Hall–Kier alpha value is -1.81. The molecule has 1 aromatic heterocycles. The summed E-state index contributed by atoms with van der Waals surface area (Å²) in [5.41, 5.74) is 1.78. The average molecular weight is 362 g/mol. The molecule has 0 saturated carbocycles. The van der Waals surface area contributed by atoms with E-state index in [1.54, 1.807) is 18.6 Å². The highest BCUT2D eigenvalue weighted by atomic mass is 79.9. The first-order valence-electron chi connectivity index (χ1n) is 7.53. The largest absolute Gasteiger partial charge is 0.258 e. The van der Waals surface area contributed by atoms with Gasteiger partial charge in [-0.05, 0) is 34.5 Å². The molecule has 118 valence electrons. The molecule has 2 aromatic rings. The van der Waals surface area contributed by atoms with Crippen molar-refractivity contribution < 1.29 is 0 Å². The molecule has 3 nitrogen and oxygen atoms in total. The summed E-state index contributed by atoms with van der Waals surface area (Å²) in [7, 11) is 0. The van der Waals surface area contributed by atoms with Crippen LogP contribution in [-0.4, -0.2) is 17.4 Å². The van der Waals surface area contributed by atoms with Crippen molar-refractivity contribution >= 4 is 39.9 Å². The van der Waals surface area contributed by atoms with Crippen LogP contribution in [0.25, 0.3) is 0 Å². The van der Waals surface area contributed by atoms with E-state index in [1.165, 1.54) is 0 Å². The monoisotopic (exact) mass is 361 g/mol. The summed E-state index contributed by atoms with van der Waals surface area (Å²) in [5, 5.41) is 0. The first-order valence-corrected chi connectivity index (χ1v) is 8.32. The number of hydrogen-bond acceptors (Lipinski definition) is 3. The Bertz CT molecular complexity index is 578. The van der Waals surface area contributed by atoms with E-state index in [0.29, 0.717) is 5.82 Å². The Morgan fingerprint density at radius 1 is 1.00 bits per heavy atom. The van der Waals surface area contributed by atoms with E-state index >= 15 is 0 Å². The number of aromatic nitrogens is 1. The summed E-state index contributed by atoms with van der Waals surface area (Å²) in [6.45, 7) is 9.87. The smallest absolute Gasteiger partial charge is 0.178 e. The summed E-state index contributed by atoms with van der Waals surface area (Å²) in [5.74, 6) is 0.611. The maximum Gasteiger partial charge on any atom is 0.178 e. The van der Waals surface area contributed by atoms with Gasteiger partial charge in [0.05, 0.1) is 0 Å². The van der Waals surface area contributed by atoms with Crippen LogP contribution >= 0.6 is 15.9 Å². The zero-order valence-corrected chi connectivity index (χ0v) is 15.5. The second-order valence-electron chi connectivity index (χ2n) is 3.55. The fourth-order valence-corrected chi connectivity index (χ4v) is 1.75. The summed E-state index contributed by atoms with van der Waals surface area (Å²) in [6.07, 6.45) is 5.22. The van der Waals surface area contributed by atoms with Gasteiger partial charge in [0, 0.05) is 23.1 Å². The van der Waals surface area contributed by atoms with Gasteiger partial charge >= 0.3 is 0 Å². The fourth-order valence-electron chi connectivity index (χ4n) is 1.43. The first-order chi connectivity index (χ1) is 10.8. The van der Waals surface area contributed by atoms with Gasteiger partial charge in [-0.15, -0.1) is 0 Å². The third-order valence-electron chi connectivity index (χ3n) is 2.22. The molecule has 0 aliphatic carbocycles. The molecule has 2 rings (SSSR count). The van der Waals surface area contributed by atoms with Crippen LogP contribution in [0.4, 0.5) is 11.5 Å². The molecule has 0 aliphatic heterocycles. The van der Waals surface area contributed by atoms with E-state index < -0.39 is 0 Å². The normalized spacial score (nSPS) is 9.91. The van der Waals surface area contributed by atoms with Crippen LogP contribution in [0.15, 0.2) is 57.1 Å². The van der Waals surface area contributed by atoms with E-state index in [9.17, 15) is 0 Å². The van der Waals surface area contributed by atoms with Gasteiger partial charge in [-0.2, -0.15) is 0 Å². The molecular weight excluding hydrogens is 338 g/mol. The molecule has 0 fully saturated rings. The third kappa shape index (κ3) is 7.27. The van der Waals surface area contributed by atoms with Crippen LogP contribution in [0.2, 0.25) is 0 Å². The standard InChI is InChI=1S/C14H12BrN3.2C2H6/c1-2-16-13-8-12(15)10-18-14(13)17-9-11-6-4-3-5-7-11;2*1-2/h2-10H,1H3;2*1-2H3/b16-2?,17-9+;;. The van der Waals surface area contributed by atoms with Crippen molar-refractivity contribution in [3.8, 4) is 0 Å². The van der Waals surface area contributed by atoms with Crippen LogP contribution in [0.3, 0.4) is 0 Å². The fraction of sp³-hybridized carbons (Fsp3) is 0.278. The van der Waals surface area contributed by atoms with Gasteiger partial charge in [-0.25, -0.2) is 9.98 Å². The van der Waals surface area contributed by atoms with E-state index in [2.05, 4.69) is 30.9 Å². The molecule has 0 bridgehead atoms. The molecule has 4 heteroatoms. The van der Waals surface area contributed by atoms with Crippen molar-refractivity contribution in [2.24, 2.45) is 9.98 Å². The highest BCUT2D eigenvalue weighted by Crippen LogP contribution is 2.28. The number of benzene rings is 1. The van der Waals surface area contributed by atoms with Gasteiger partial charge in [-0.1, -0.05) is 58.0 Å². The SMILES string of the molecule is CC.CC.CC=Nc1cc(Br)cnc1/N=C/c1ccccc1. The van der Waals surface area contributed by atoms with Gasteiger partial charge in [0.1, 0.15) is 5.69 Å². The number of pyridine rings is 1. The summed E-state index contributed by atoms with van der Waals surface area (Å²) in [6, 6.07) is 11.8. The van der Waals surface area contributed by atoms with Gasteiger partial charge in [0.25, 0.3) is 0 Å². The number of aliphatic imine (C=N–C) groups is 2. The lowest BCUT2D eigenvalue weighted by Gasteiger charge is -1.99. The van der Waals surface area contributed by atoms with Gasteiger partial charge in [-0.3, -0.25) is 4.99 Å². The van der Waals surface area contributed by atoms with E-state index in [1.807, 2.05) is 71.0 Å². The second-order valence-corrected chi connectivity index (χ2v) is 4.47. The highest BCUT2D eigenvalue weighted by Gasteiger charge is 2.01. The van der Waals surface area contributed by atoms with Crippen LogP contribution in [-0.2, 0) is 0 Å². The predicted octanol–water partition coefficient (Wildman–Crippen LogP) is 6.37. The zero-order chi connectivity index (χ0) is 16.8. The number of nitrogens with zero attached hydrogens (tertiary/aromatic N) is 3. The number of halogens is 1. The molecular formula is C18H24BrN3. The van der Waals surface area contributed by atoms with Crippen LogP contribution < -0.4 is 0 Å². The number of rotatable bonds is 3. The van der Waals surface area contributed by atoms with Crippen molar-refractivity contribution in [3.05, 3.63) is 52.6 Å². The topological polar surface area (TPSA) is 37.6 Å². The lowest BCUT2D eigenvalue weighted by molar-refractivity contribution is 1.25. The molecule has 0 aliphatic rings. The maximum absolute atomic E-state index is 4.37. The Labute approximate surface area is 142 Å². The van der Waals surface area contributed by atoms with Crippen molar-refractivity contribution in [1.29, 1.82) is 0 Å². The molecule has 22 heavy (non-hydrogen) atoms. The van der Waals surface area contributed by atoms with E-state index in [4.69, 9.17) is 0 Å². The minimum absolute atomic E-state index is 0.611. The van der Waals surface area contributed by atoms with Crippen LogP contribution in [0, 0.1) is 0 Å². The zero-order valence-electron chi connectivity index (χ0n) is 13.9. The third-order valence-corrected chi connectivity index (χ3v) is 2.65. The molecule has 0 radical (unpaired) electrons. The predicted molar refractivity (Wildman–Crippen MR) is 102 cm³/mol. The summed E-state index contributed by atoms with van der Waals surface area (Å²) >= 11 is 3.37. The Balaban J connectivity index is 0.00000102. The quantitative estimate of drug-likeness (QED) is 0.585. The molecule has 0 amide bonds. The van der Waals surface area contributed by atoms with Crippen molar-refractivity contribution in [2.45, 2.75) is 34.6 Å². The second kappa shape index (κ2) is 12.9. The molecule has 0 N–H and O–H groups in total. The Morgan fingerprint density at radius 3 is 2.23 bits per heavy atom. The minimum atomic E-state index is 0.611. The maximum atomic E-state index is 4.37. The number of hydrogen-bond donors (Lipinski definition) is 0. The van der Waals surface area contributed by atoms with Crippen LogP contribution in [0.5, 0.6) is 0 Å². The van der Waals surface area contributed by atoms with Gasteiger partial charge < -0.3 is 0 Å². The summed E-state index contributed by atoms with van der Waals surface area (Å²) < 4.78 is 0.891. The Morgan fingerprint density at radius 2 is 1.64 bits per heavy atom. The highest BCUT2D eigenvalue weighted by molar-refractivity contribution is 9.10. The Kier molecular flexibility index (Phi) is 11.8. The van der Waals surface area contributed by atoms with Gasteiger partial charge in [0.2, 0.25) is 0 Å². The summed E-state index contributed by atoms with van der Waals surface area (Å²) in [4.78, 5) is 12.9. The molecule has 0 saturated heterocycles. The van der Waals surface area contributed by atoms with Crippen molar-refractivity contribution in [1.82, 2.24) is 4.98 Å². The molecule has 1 aromatic carbocycles. The first kappa shape index (κ1) is 20.2. The molecule has 1 heterocycles. The lowest BCUT2D eigenvalue weighted by atomic mass is 10.2. The molecule has 0 unspecified atom stereocenters. The van der Waals surface area contributed by atoms with Crippen LogP contribution in [0.1, 0.15) is 40.2 Å². The van der Waals surface area contributed by atoms with Crippen molar-refractivity contribution in [2.75, 3.05) is 0 Å².